The van der Waals surface area contributed by atoms with Gasteiger partial charge in [0.1, 0.15) is 0 Å². The lowest BCUT2D eigenvalue weighted by Gasteiger charge is -2.27. The zero-order chi connectivity index (χ0) is 12.3. The molecule has 0 unspecified atom stereocenters. The minimum atomic E-state index is 0.0107. The van der Waals surface area contributed by atoms with E-state index in [2.05, 4.69) is 17.2 Å². The first-order valence-corrected chi connectivity index (χ1v) is 6.38. The van der Waals surface area contributed by atoms with Crippen LogP contribution in [0, 0.1) is 12.8 Å². The monoisotopic (exact) mass is 232 g/mol. The van der Waals surface area contributed by atoms with Gasteiger partial charge in [0, 0.05) is 17.9 Å². The number of amides is 1. The third-order valence-electron chi connectivity index (χ3n) is 3.45. The molecule has 1 aromatic rings. The lowest BCUT2D eigenvalue weighted by molar-refractivity contribution is 0.0921. The third kappa shape index (κ3) is 3.29. The summed E-state index contributed by atoms with van der Waals surface area (Å²) in [6.07, 6.45) is 6.37. The molecule has 0 aromatic carbocycles. The Kier molecular flexibility index (Phi) is 3.77. The van der Waals surface area contributed by atoms with Crippen molar-refractivity contribution in [2.75, 3.05) is 0 Å². The lowest BCUT2D eigenvalue weighted by Crippen LogP contribution is -2.38. The standard InChI is InChI=1S/C14H20N2O/c1-10-4-3-5-13(8-10)16-14(17)12-7-6-11(2)15-9-12/h6-7,9-10,13H,3-5,8H2,1-2H3,(H,16,17)/t10-,13+/m0/s1. The summed E-state index contributed by atoms with van der Waals surface area (Å²) in [5.74, 6) is 0.738. The minimum absolute atomic E-state index is 0.0107. The molecule has 2 rings (SSSR count). The maximum Gasteiger partial charge on any atom is 0.253 e. The summed E-state index contributed by atoms with van der Waals surface area (Å²) >= 11 is 0. The summed E-state index contributed by atoms with van der Waals surface area (Å²) in [7, 11) is 0. The van der Waals surface area contributed by atoms with Gasteiger partial charge >= 0.3 is 0 Å². The Balaban J connectivity index is 1.94. The second-order valence-electron chi connectivity index (χ2n) is 5.13. The van der Waals surface area contributed by atoms with E-state index in [1.165, 1.54) is 12.8 Å². The fourth-order valence-electron chi connectivity index (χ4n) is 2.44. The number of carbonyl (C=O) groups is 1. The molecular weight excluding hydrogens is 212 g/mol. The number of hydrogen-bond acceptors (Lipinski definition) is 2. The molecule has 1 heterocycles. The van der Waals surface area contributed by atoms with Crippen LogP contribution in [-0.4, -0.2) is 16.9 Å². The molecular formula is C14H20N2O. The molecule has 1 aromatic heterocycles. The highest BCUT2D eigenvalue weighted by Crippen LogP contribution is 2.23. The SMILES string of the molecule is Cc1ccc(C(=O)N[C@@H]2CCC[C@H](C)C2)cn1. The van der Waals surface area contributed by atoms with Gasteiger partial charge in [-0.1, -0.05) is 19.8 Å². The van der Waals surface area contributed by atoms with Gasteiger partial charge in [-0.25, -0.2) is 0 Å². The van der Waals surface area contributed by atoms with E-state index in [1.807, 2.05) is 19.1 Å². The van der Waals surface area contributed by atoms with Gasteiger partial charge < -0.3 is 5.32 Å². The second kappa shape index (κ2) is 5.30. The Hall–Kier alpha value is -1.38. The third-order valence-corrected chi connectivity index (χ3v) is 3.45. The maximum absolute atomic E-state index is 12.0. The van der Waals surface area contributed by atoms with Crippen molar-refractivity contribution in [1.82, 2.24) is 10.3 Å². The minimum Gasteiger partial charge on any atom is -0.349 e. The van der Waals surface area contributed by atoms with Crippen molar-refractivity contribution in [2.45, 2.75) is 45.6 Å². The summed E-state index contributed by atoms with van der Waals surface area (Å²) in [6.45, 7) is 4.18. The number of pyridine rings is 1. The number of carbonyl (C=O) groups excluding carboxylic acids is 1. The number of nitrogens with zero attached hydrogens (tertiary/aromatic N) is 1. The molecule has 1 fully saturated rings. The van der Waals surface area contributed by atoms with Crippen LogP contribution in [0.25, 0.3) is 0 Å². The molecule has 1 N–H and O–H groups in total. The largest absolute Gasteiger partial charge is 0.349 e. The Morgan fingerprint density at radius 1 is 1.41 bits per heavy atom. The van der Waals surface area contributed by atoms with Crippen LogP contribution in [0.3, 0.4) is 0 Å². The van der Waals surface area contributed by atoms with E-state index in [1.54, 1.807) is 6.20 Å². The van der Waals surface area contributed by atoms with Gasteiger partial charge in [0.25, 0.3) is 5.91 Å². The van der Waals surface area contributed by atoms with E-state index < -0.39 is 0 Å². The molecule has 92 valence electrons. The zero-order valence-electron chi connectivity index (χ0n) is 10.6. The van der Waals surface area contributed by atoms with Gasteiger partial charge in [0.15, 0.2) is 0 Å². The van der Waals surface area contributed by atoms with Crippen LogP contribution < -0.4 is 5.32 Å². The number of rotatable bonds is 2. The van der Waals surface area contributed by atoms with Crippen LogP contribution in [0.15, 0.2) is 18.3 Å². The molecule has 0 bridgehead atoms. The number of aryl methyl sites for hydroxylation is 1. The van der Waals surface area contributed by atoms with Gasteiger partial charge in [-0.3, -0.25) is 9.78 Å². The highest BCUT2D eigenvalue weighted by molar-refractivity contribution is 5.94. The van der Waals surface area contributed by atoms with Gasteiger partial charge in [-0.05, 0) is 37.8 Å². The number of nitrogens with one attached hydrogen (secondary N) is 1. The molecule has 3 nitrogen and oxygen atoms in total. The normalized spacial score (nSPS) is 24.4. The first-order chi connectivity index (χ1) is 8.15. The smallest absolute Gasteiger partial charge is 0.253 e. The molecule has 2 atom stereocenters. The Morgan fingerprint density at radius 2 is 2.24 bits per heavy atom. The quantitative estimate of drug-likeness (QED) is 0.851. The first kappa shape index (κ1) is 12.1. The van der Waals surface area contributed by atoms with Crippen molar-refractivity contribution in [3.8, 4) is 0 Å². The van der Waals surface area contributed by atoms with Crippen LogP contribution >= 0.6 is 0 Å². The molecule has 3 heteroatoms. The van der Waals surface area contributed by atoms with Crippen molar-refractivity contribution < 1.29 is 4.79 Å². The fraction of sp³-hybridized carbons (Fsp3) is 0.571. The number of hydrogen-bond donors (Lipinski definition) is 1. The summed E-state index contributed by atoms with van der Waals surface area (Å²) in [6, 6.07) is 4.05. The Morgan fingerprint density at radius 3 is 2.88 bits per heavy atom. The zero-order valence-corrected chi connectivity index (χ0v) is 10.6. The first-order valence-electron chi connectivity index (χ1n) is 6.38. The highest BCUT2D eigenvalue weighted by atomic mass is 16.1. The maximum atomic E-state index is 12.0. The molecule has 1 aliphatic carbocycles. The van der Waals surface area contributed by atoms with Gasteiger partial charge in [0.05, 0.1) is 5.56 Å². The van der Waals surface area contributed by atoms with Gasteiger partial charge in [-0.2, -0.15) is 0 Å². The van der Waals surface area contributed by atoms with Crippen molar-refractivity contribution in [2.24, 2.45) is 5.92 Å². The predicted molar refractivity (Wildman–Crippen MR) is 67.9 cm³/mol. The fourth-order valence-corrected chi connectivity index (χ4v) is 2.44. The average Bonchev–Trinajstić information content (AvgIpc) is 2.29. The summed E-state index contributed by atoms with van der Waals surface area (Å²) < 4.78 is 0. The molecule has 0 spiro atoms. The Bertz CT molecular complexity index is 386. The van der Waals surface area contributed by atoms with Crippen molar-refractivity contribution >= 4 is 5.91 Å². The van der Waals surface area contributed by atoms with Gasteiger partial charge in [0.2, 0.25) is 0 Å². The molecule has 0 radical (unpaired) electrons. The topological polar surface area (TPSA) is 42.0 Å². The van der Waals surface area contributed by atoms with Crippen molar-refractivity contribution in [3.63, 3.8) is 0 Å². The summed E-state index contributed by atoms with van der Waals surface area (Å²) in [5, 5.41) is 3.11. The Labute approximate surface area is 103 Å². The lowest BCUT2D eigenvalue weighted by atomic mass is 9.87. The number of aromatic nitrogens is 1. The van der Waals surface area contributed by atoms with E-state index >= 15 is 0 Å². The van der Waals surface area contributed by atoms with Crippen LogP contribution in [0.5, 0.6) is 0 Å². The van der Waals surface area contributed by atoms with E-state index in [9.17, 15) is 4.79 Å². The summed E-state index contributed by atoms with van der Waals surface area (Å²) in [5.41, 5.74) is 1.60. The molecule has 1 aliphatic rings. The molecule has 0 aliphatic heterocycles. The van der Waals surface area contributed by atoms with E-state index in [0.717, 1.165) is 24.5 Å². The van der Waals surface area contributed by atoms with Crippen molar-refractivity contribution in [3.05, 3.63) is 29.6 Å². The predicted octanol–water partition coefficient (Wildman–Crippen LogP) is 2.70. The van der Waals surface area contributed by atoms with Gasteiger partial charge in [-0.15, -0.1) is 0 Å². The average molecular weight is 232 g/mol. The van der Waals surface area contributed by atoms with Crippen LogP contribution in [-0.2, 0) is 0 Å². The highest BCUT2D eigenvalue weighted by Gasteiger charge is 2.20. The molecule has 1 saturated carbocycles. The molecule has 0 saturated heterocycles. The van der Waals surface area contributed by atoms with Crippen molar-refractivity contribution in [1.29, 1.82) is 0 Å². The van der Waals surface area contributed by atoms with E-state index in [0.29, 0.717) is 11.6 Å². The summed E-state index contributed by atoms with van der Waals surface area (Å²) in [4.78, 5) is 16.1. The van der Waals surface area contributed by atoms with Crippen LogP contribution in [0.2, 0.25) is 0 Å². The molecule has 1 amide bonds. The van der Waals surface area contributed by atoms with E-state index in [-0.39, 0.29) is 5.91 Å². The molecule has 17 heavy (non-hydrogen) atoms. The van der Waals surface area contributed by atoms with Crippen LogP contribution in [0.4, 0.5) is 0 Å². The second-order valence-corrected chi connectivity index (χ2v) is 5.13. The van der Waals surface area contributed by atoms with Crippen LogP contribution in [0.1, 0.15) is 48.7 Å². The van der Waals surface area contributed by atoms with E-state index in [4.69, 9.17) is 0 Å².